The van der Waals surface area contributed by atoms with Crippen molar-refractivity contribution in [3.05, 3.63) is 45.6 Å². The lowest BCUT2D eigenvalue weighted by Gasteiger charge is -2.33. The third-order valence-electron chi connectivity index (χ3n) is 4.14. The molecule has 1 atom stereocenters. The largest absolute Gasteiger partial charge is 0.497 e. The number of carbonyl (C=O) groups excluding carboxylic acids is 1. The van der Waals surface area contributed by atoms with Crippen LogP contribution in [0.5, 0.6) is 11.5 Å². The van der Waals surface area contributed by atoms with Gasteiger partial charge in [0.15, 0.2) is 0 Å². The molecule has 1 aromatic heterocycles. The lowest BCUT2D eigenvalue weighted by Crippen LogP contribution is -2.38. The van der Waals surface area contributed by atoms with Gasteiger partial charge in [0.05, 0.1) is 20.3 Å². The second-order valence-electron chi connectivity index (χ2n) is 5.32. The molecule has 0 saturated heterocycles. The molecule has 0 fully saturated rings. The SMILES string of the molecule is COc1cc(OC)cc(C(=O)N2CCc3sccc3[C@H]2C)c1. The van der Waals surface area contributed by atoms with Crippen molar-refractivity contribution in [2.75, 3.05) is 20.8 Å². The van der Waals surface area contributed by atoms with E-state index in [9.17, 15) is 4.79 Å². The lowest BCUT2D eigenvalue weighted by molar-refractivity contribution is 0.0678. The predicted octanol–water partition coefficient (Wildman–Crippen LogP) is 3.52. The second kappa shape index (κ2) is 6.01. The van der Waals surface area contributed by atoms with E-state index in [0.717, 1.165) is 13.0 Å². The zero-order valence-corrected chi connectivity index (χ0v) is 13.8. The highest BCUT2D eigenvalue weighted by molar-refractivity contribution is 7.10. The Labute approximate surface area is 134 Å². The lowest BCUT2D eigenvalue weighted by atomic mass is 10.00. The maximum absolute atomic E-state index is 12.9. The van der Waals surface area contributed by atoms with Crippen LogP contribution in [-0.4, -0.2) is 31.6 Å². The number of nitrogens with zero attached hydrogens (tertiary/aromatic N) is 1. The summed E-state index contributed by atoms with van der Waals surface area (Å²) >= 11 is 1.77. The van der Waals surface area contributed by atoms with Crippen LogP contribution in [0.15, 0.2) is 29.6 Å². The molecule has 0 saturated carbocycles. The Balaban J connectivity index is 1.91. The summed E-state index contributed by atoms with van der Waals surface area (Å²) in [4.78, 5) is 16.2. The number of ether oxygens (including phenoxy) is 2. The van der Waals surface area contributed by atoms with E-state index in [-0.39, 0.29) is 11.9 Å². The van der Waals surface area contributed by atoms with Gasteiger partial charge in [0.2, 0.25) is 0 Å². The van der Waals surface area contributed by atoms with Crippen LogP contribution in [0.25, 0.3) is 0 Å². The summed E-state index contributed by atoms with van der Waals surface area (Å²) in [5.74, 6) is 1.27. The van der Waals surface area contributed by atoms with Gasteiger partial charge >= 0.3 is 0 Å². The standard InChI is InChI=1S/C17H19NO3S/c1-11-15-5-7-22-16(15)4-6-18(11)17(19)12-8-13(20-2)10-14(9-12)21-3/h5,7-11H,4,6H2,1-3H3/t11-/m1/s1. The van der Waals surface area contributed by atoms with Crippen molar-refractivity contribution in [1.29, 1.82) is 0 Å². The Morgan fingerprint density at radius 2 is 1.91 bits per heavy atom. The highest BCUT2D eigenvalue weighted by Gasteiger charge is 2.29. The minimum atomic E-state index is 0.0153. The van der Waals surface area contributed by atoms with Crippen LogP contribution in [0.1, 0.15) is 33.8 Å². The topological polar surface area (TPSA) is 38.8 Å². The van der Waals surface area contributed by atoms with Gasteiger partial charge < -0.3 is 14.4 Å². The van der Waals surface area contributed by atoms with Gasteiger partial charge in [-0.1, -0.05) is 0 Å². The predicted molar refractivity (Wildman–Crippen MR) is 87.0 cm³/mol. The summed E-state index contributed by atoms with van der Waals surface area (Å²) < 4.78 is 10.5. The first-order chi connectivity index (χ1) is 10.6. The van der Waals surface area contributed by atoms with Crippen molar-refractivity contribution in [2.24, 2.45) is 0 Å². The van der Waals surface area contributed by atoms with Crippen molar-refractivity contribution >= 4 is 17.2 Å². The van der Waals surface area contributed by atoms with Crippen molar-refractivity contribution in [3.63, 3.8) is 0 Å². The molecule has 2 heterocycles. The summed E-state index contributed by atoms with van der Waals surface area (Å²) in [6.07, 6.45) is 0.921. The summed E-state index contributed by atoms with van der Waals surface area (Å²) in [7, 11) is 3.17. The highest BCUT2D eigenvalue weighted by atomic mass is 32.1. The van der Waals surface area contributed by atoms with Crippen LogP contribution in [0.3, 0.4) is 0 Å². The van der Waals surface area contributed by atoms with Crippen LogP contribution in [0.2, 0.25) is 0 Å². The molecule has 0 unspecified atom stereocenters. The van der Waals surface area contributed by atoms with E-state index in [4.69, 9.17) is 9.47 Å². The fourth-order valence-corrected chi connectivity index (χ4v) is 3.85. The summed E-state index contributed by atoms with van der Waals surface area (Å²) in [5, 5.41) is 2.10. The molecule has 5 heteroatoms. The Hall–Kier alpha value is -2.01. The first kappa shape index (κ1) is 14.9. The first-order valence-electron chi connectivity index (χ1n) is 7.24. The van der Waals surface area contributed by atoms with Gasteiger partial charge in [-0.2, -0.15) is 0 Å². The Bertz CT molecular complexity index is 673. The maximum Gasteiger partial charge on any atom is 0.254 e. The summed E-state index contributed by atoms with van der Waals surface area (Å²) in [6, 6.07) is 7.52. The number of hydrogen-bond acceptors (Lipinski definition) is 4. The number of amides is 1. The van der Waals surface area contributed by atoms with E-state index in [0.29, 0.717) is 17.1 Å². The normalized spacial score (nSPS) is 17.0. The van der Waals surface area contributed by atoms with Gasteiger partial charge in [-0.05, 0) is 42.5 Å². The van der Waals surface area contributed by atoms with E-state index < -0.39 is 0 Å². The van der Waals surface area contributed by atoms with Crippen molar-refractivity contribution in [1.82, 2.24) is 4.90 Å². The Morgan fingerprint density at radius 3 is 2.55 bits per heavy atom. The molecule has 0 radical (unpaired) electrons. The molecule has 1 aliphatic heterocycles. The Kier molecular flexibility index (Phi) is 4.07. The van der Waals surface area contributed by atoms with Crippen LogP contribution < -0.4 is 9.47 Å². The van der Waals surface area contributed by atoms with Crippen molar-refractivity contribution in [2.45, 2.75) is 19.4 Å². The van der Waals surface area contributed by atoms with E-state index in [1.54, 1.807) is 43.8 Å². The minimum absolute atomic E-state index is 0.0153. The number of rotatable bonds is 3. The molecule has 3 rings (SSSR count). The first-order valence-corrected chi connectivity index (χ1v) is 8.12. The number of methoxy groups -OCH3 is 2. The molecule has 1 aromatic carbocycles. The van der Waals surface area contributed by atoms with E-state index in [2.05, 4.69) is 18.4 Å². The van der Waals surface area contributed by atoms with Gasteiger partial charge in [-0.3, -0.25) is 4.79 Å². The van der Waals surface area contributed by atoms with Gasteiger partial charge in [-0.15, -0.1) is 11.3 Å². The average molecular weight is 317 g/mol. The highest BCUT2D eigenvalue weighted by Crippen LogP contribution is 2.34. The fourth-order valence-electron chi connectivity index (χ4n) is 2.88. The van der Waals surface area contributed by atoms with E-state index in [1.165, 1.54) is 10.4 Å². The van der Waals surface area contributed by atoms with Crippen molar-refractivity contribution < 1.29 is 14.3 Å². The van der Waals surface area contributed by atoms with Crippen LogP contribution in [-0.2, 0) is 6.42 Å². The zero-order chi connectivity index (χ0) is 15.7. The molecule has 116 valence electrons. The number of thiophene rings is 1. The van der Waals surface area contributed by atoms with Crippen LogP contribution in [0, 0.1) is 0 Å². The molecule has 1 aliphatic rings. The molecule has 0 spiro atoms. The third-order valence-corrected chi connectivity index (χ3v) is 5.13. The molecule has 4 nitrogen and oxygen atoms in total. The number of hydrogen-bond donors (Lipinski definition) is 0. The van der Waals surface area contributed by atoms with Crippen molar-refractivity contribution in [3.8, 4) is 11.5 Å². The molecule has 2 aromatic rings. The quantitative estimate of drug-likeness (QED) is 0.869. The number of benzene rings is 1. The van der Waals surface area contributed by atoms with Crippen LogP contribution >= 0.6 is 11.3 Å². The van der Waals surface area contributed by atoms with Crippen LogP contribution in [0.4, 0.5) is 0 Å². The fraction of sp³-hybridized carbons (Fsp3) is 0.353. The van der Waals surface area contributed by atoms with Gasteiger partial charge in [0.25, 0.3) is 5.91 Å². The molecular weight excluding hydrogens is 298 g/mol. The molecule has 0 aliphatic carbocycles. The summed E-state index contributed by atoms with van der Waals surface area (Å²) in [5.41, 5.74) is 1.86. The van der Waals surface area contributed by atoms with E-state index >= 15 is 0 Å². The minimum Gasteiger partial charge on any atom is -0.497 e. The average Bonchev–Trinajstić information content (AvgIpc) is 3.03. The molecule has 0 N–H and O–H groups in total. The zero-order valence-electron chi connectivity index (χ0n) is 13.0. The van der Waals surface area contributed by atoms with E-state index in [1.807, 2.05) is 4.90 Å². The van der Waals surface area contributed by atoms with Gasteiger partial charge in [0.1, 0.15) is 11.5 Å². The molecule has 22 heavy (non-hydrogen) atoms. The summed E-state index contributed by atoms with van der Waals surface area (Å²) in [6.45, 7) is 2.83. The smallest absolute Gasteiger partial charge is 0.254 e. The molecule has 1 amide bonds. The molecule has 0 bridgehead atoms. The van der Waals surface area contributed by atoms with Gasteiger partial charge in [0, 0.05) is 23.1 Å². The third kappa shape index (κ3) is 2.57. The maximum atomic E-state index is 12.9. The number of carbonyl (C=O) groups is 1. The van der Waals surface area contributed by atoms with Gasteiger partial charge in [-0.25, -0.2) is 0 Å². The number of fused-ring (bicyclic) bond motifs is 1. The second-order valence-corrected chi connectivity index (χ2v) is 6.33. The molecular formula is C17H19NO3S. The monoisotopic (exact) mass is 317 g/mol. The Morgan fingerprint density at radius 1 is 1.23 bits per heavy atom.